The molecule has 1 saturated carbocycles. The first-order valence-electron chi connectivity index (χ1n) is 7.18. The van der Waals surface area contributed by atoms with Crippen LogP contribution in [0.5, 0.6) is 0 Å². The van der Waals surface area contributed by atoms with Crippen LogP contribution in [0.1, 0.15) is 33.6 Å². The van der Waals surface area contributed by atoms with E-state index in [2.05, 4.69) is 36.0 Å². The molecule has 0 radical (unpaired) electrons. The van der Waals surface area contributed by atoms with Gasteiger partial charge in [0.1, 0.15) is 5.54 Å². The van der Waals surface area contributed by atoms with Crippen LogP contribution in [0, 0.1) is 0 Å². The minimum Gasteiger partial charge on any atom is -0.480 e. The van der Waals surface area contributed by atoms with Gasteiger partial charge in [-0.2, -0.15) is 0 Å². The fraction of sp³-hybridized carbons (Fsp3) is 0.929. The number of carbonyl (C=O) groups is 1. The summed E-state index contributed by atoms with van der Waals surface area (Å²) in [5, 5.41) is 12.8. The molecule has 19 heavy (non-hydrogen) atoms. The number of hydrogen-bond acceptors (Lipinski definition) is 4. The summed E-state index contributed by atoms with van der Waals surface area (Å²) in [6.07, 6.45) is 2.22. The van der Waals surface area contributed by atoms with Gasteiger partial charge in [0.2, 0.25) is 0 Å². The summed E-state index contributed by atoms with van der Waals surface area (Å²) >= 11 is 0. The van der Waals surface area contributed by atoms with Crippen molar-refractivity contribution in [1.29, 1.82) is 0 Å². The van der Waals surface area contributed by atoms with Crippen LogP contribution in [0.2, 0.25) is 0 Å². The molecule has 1 heterocycles. The molecule has 2 fully saturated rings. The number of hydrogen-bond donors (Lipinski definition) is 2. The Balaban J connectivity index is 1.99. The summed E-state index contributed by atoms with van der Waals surface area (Å²) < 4.78 is 0. The molecule has 1 atom stereocenters. The molecule has 2 N–H and O–H groups in total. The van der Waals surface area contributed by atoms with Crippen molar-refractivity contribution in [3.05, 3.63) is 0 Å². The predicted octanol–water partition coefficient (Wildman–Crippen LogP) is 0.608. The molecule has 0 amide bonds. The van der Waals surface area contributed by atoms with Gasteiger partial charge in [0, 0.05) is 37.8 Å². The van der Waals surface area contributed by atoms with E-state index in [1.165, 1.54) is 0 Å². The average molecular weight is 269 g/mol. The van der Waals surface area contributed by atoms with Crippen molar-refractivity contribution < 1.29 is 9.90 Å². The topological polar surface area (TPSA) is 55.8 Å². The second-order valence-corrected chi connectivity index (χ2v) is 7.00. The van der Waals surface area contributed by atoms with Crippen molar-refractivity contribution >= 4 is 5.97 Å². The monoisotopic (exact) mass is 269 g/mol. The lowest BCUT2D eigenvalue weighted by atomic mass is 9.96. The first-order chi connectivity index (χ1) is 8.73. The molecule has 0 aromatic rings. The highest BCUT2D eigenvalue weighted by Gasteiger charge is 2.42. The third kappa shape index (κ3) is 3.46. The number of nitrogens with zero attached hydrogens (tertiary/aromatic N) is 2. The molecule has 0 spiro atoms. The quantitative estimate of drug-likeness (QED) is 0.766. The average Bonchev–Trinajstić information content (AvgIpc) is 3.06. The van der Waals surface area contributed by atoms with E-state index in [1.807, 2.05) is 6.92 Å². The second-order valence-electron chi connectivity index (χ2n) is 7.00. The summed E-state index contributed by atoms with van der Waals surface area (Å²) in [6, 6.07) is 0.404. The largest absolute Gasteiger partial charge is 0.480 e. The number of nitrogens with one attached hydrogen (secondary N) is 1. The highest BCUT2D eigenvalue weighted by molar-refractivity contribution is 5.78. The highest BCUT2D eigenvalue weighted by Crippen LogP contribution is 2.25. The summed E-state index contributed by atoms with van der Waals surface area (Å²) in [5.74, 6) is -0.740. The summed E-state index contributed by atoms with van der Waals surface area (Å²) in [5.41, 5.74) is -0.718. The predicted molar refractivity (Wildman–Crippen MR) is 75.3 cm³/mol. The van der Waals surface area contributed by atoms with Gasteiger partial charge < -0.3 is 5.11 Å². The second kappa shape index (κ2) is 5.04. The van der Waals surface area contributed by atoms with E-state index in [1.54, 1.807) is 0 Å². The zero-order valence-corrected chi connectivity index (χ0v) is 12.6. The smallest absolute Gasteiger partial charge is 0.324 e. The molecule has 2 rings (SSSR count). The van der Waals surface area contributed by atoms with E-state index < -0.39 is 11.5 Å². The third-order valence-corrected chi connectivity index (χ3v) is 4.51. The number of carboxylic acid groups (broad SMARTS) is 1. The van der Waals surface area contributed by atoms with E-state index in [9.17, 15) is 9.90 Å². The lowest BCUT2D eigenvalue weighted by molar-refractivity contribution is -0.145. The number of piperazine rings is 1. The first-order valence-corrected chi connectivity index (χ1v) is 7.18. The van der Waals surface area contributed by atoms with Crippen molar-refractivity contribution in [3.63, 3.8) is 0 Å². The van der Waals surface area contributed by atoms with Crippen LogP contribution in [-0.4, -0.2) is 71.2 Å². The maximum atomic E-state index is 11.6. The molecule has 1 unspecified atom stereocenters. The molecule has 0 aromatic heterocycles. The van der Waals surface area contributed by atoms with E-state index in [0.29, 0.717) is 12.6 Å². The normalized spacial score (nSPS) is 28.0. The molecular weight excluding hydrogens is 242 g/mol. The number of likely N-dealkylation sites (N-methyl/N-ethyl adjacent to an activating group) is 1. The van der Waals surface area contributed by atoms with Crippen molar-refractivity contribution in [2.45, 2.75) is 50.7 Å². The van der Waals surface area contributed by atoms with Gasteiger partial charge in [-0.15, -0.1) is 0 Å². The number of rotatable bonds is 5. The van der Waals surface area contributed by atoms with Gasteiger partial charge in [0.05, 0.1) is 0 Å². The fourth-order valence-corrected chi connectivity index (χ4v) is 2.78. The maximum Gasteiger partial charge on any atom is 0.324 e. The minimum absolute atomic E-state index is 0.108. The van der Waals surface area contributed by atoms with Crippen LogP contribution in [0.15, 0.2) is 0 Å². The van der Waals surface area contributed by atoms with E-state index in [0.717, 1.165) is 32.5 Å². The van der Waals surface area contributed by atoms with E-state index in [-0.39, 0.29) is 5.54 Å². The number of carboxylic acids is 1. The van der Waals surface area contributed by atoms with Gasteiger partial charge in [0.25, 0.3) is 0 Å². The Labute approximate surface area is 115 Å². The van der Waals surface area contributed by atoms with Gasteiger partial charge >= 0.3 is 5.97 Å². The van der Waals surface area contributed by atoms with E-state index in [4.69, 9.17) is 0 Å². The molecule has 110 valence electrons. The molecule has 0 bridgehead atoms. The lowest BCUT2D eigenvalue weighted by Gasteiger charge is -2.47. The molecule has 5 nitrogen and oxygen atoms in total. The molecule has 0 aromatic carbocycles. The van der Waals surface area contributed by atoms with Crippen LogP contribution in [0.4, 0.5) is 0 Å². The Hall–Kier alpha value is -0.650. The van der Waals surface area contributed by atoms with Crippen LogP contribution in [0.3, 0.4) is 0 Å². The first kappa shape index (κ1) is 14.8. The molecule has 1 aliphatic carbocycles. The van der Waals surface area contributed by atoms with Crippen LogP contribution >= 0.6 is 0 Å². The zero-order chi connectivity index (χ0) is 14.3. The highest BCUT2D eigenvalue weighted by atomic mass is 16.4. The summed E-state index contributed by atoms with van der Waals surface area (Å²) in [7, 11) is 2.14. The zero-order valence-electron chi connectivity index (χ0n) is 12.6. The Morgan fingerprint density at radius 3 is 2.53 bits per heavy atom. The van der Waals surface area contributed by atoms with Gasteiger partial charge in [-0.25, -0.2) is 0 Å². The fourth-order valence-electron chi connectivity index (χ4n) is 2.78. The Bertz CT molecular complexity index is 355. The van der Waals surface area contributed by atoms with Gasteiger partial charge in [-0.3, -0.25) is 19.9 Å². The standard InChI is InChI=1S/C14H27N3O2/c1-13(2)9-17(8-7-16(13)4)10-14(3,12(18)19)15-11-5-6-11/h11,15H,5-10H2,1-4H3,(H,18,19). The van der Waals surface area contributed by atoms with Gasteiger partial charge in [0.15, 0.2) is 0 Å². The molecule has 2 aliphatic rings. The Morgan fingerprint density at radius 1 is 1.42 bits per heavy atom. The third-order valence-electron chi connectivity index (χ3n) is 4.51. The molecule has 5 heteroatoms. The number of aliphatic carboxylic acids is 1. The van der Waals surface area contributed by atoms with Crippen LogP contribution in [0.25, 0.3) is 0 Å². The summed E-state index contributed by atoms with van der Waals surface area (Å²) in [6.45, 7) is 9.67. The molecule has 1 saturated heterocycles. The van der Waals surface area contributed by atoms with E-state index >= 15 is 0 Å². The Morgan fingerprint density at radius 2 is 2.05 bits per heavy atom. The summed E-state index contributed by atoms with van der Waals surface area (Å²) in [4.78, 5) is 16.2. The van der Waals surface area contributed by atoms with Gasteiger partial charge in [-0.05, 0) is 40.7 Å². The SMILES string of the molecule is CN1CCN(CC(C)(NC2CC2)C(=O)O)CC1(C)C. The van der Waals surface area contributed by atoms with Crippen molar-refractivity contribution in [1.82, 2.24) is 15.1 Å². The van der Waals surface area contributed by atoms with Gasteiger partial charge in [-0.1, -0.05) is 0 Å². The van der Waals surface area contributed by atoms with Crippen molar-refractivity contribution in [3.8, 4) is 0 Å². The lowest BCUT2D eigenvalue weighted by Crippen LogP contribution is -2.64. The van der Waals surface area contributed by atoms with Crippen LogP contribution < -0.4 is 5.32 Å². The van der Waals surface area contributed by atoms with Crippen molar-refractivity contribution in [2.75, 3.05) is 33.2 Å². The molecular formula is C14H27N3O2. The van der Waals surface area contributed by atoms with Crippen molar-refractivity contribution in [2.24, 2.45) is 0 Å². The van der Waals surface area contributed by atoms with Crippen LogP contribution in [-0.2, 0) is 4.79 Å². The maximum absolute atomic E-state index is 11.6. The molecule has 1 aliphatic heterocycles. The Kier molecular flexibility index (Phi) is 3.91. The minimum atomic E-state index is -0.826.